The first-order valence-electron chi connectivity index (χ1n) is 11.0. The summed E-state index contributed by atoms with van der Waals surface area (Å²) in [4.78, 5) is 2.32. The van der Waals surface area contributed by atoms with Gasteiger partial charge in [-0.25, -0.2) is 12.7 Å². The molecular formula is C24H32N2O3S. The highest BCUT2D eigenvalue weighted by molar-refractivity contribution is 7.89. The Morgan fingerprint density at radius 3 is 2.40 bits per heavy atom. The van der Waals surface area contributed by atoms with Crippen LogP contribution in [0.4, 0.5) is 0 Å². The van der Waals surface area contributed by atoms with Gasteiger partial charge in [-0.2, -0.15) is 0 Å². The molecule has 0 saturated carbocycles. The molecule has 2 fully saturated rings. The largest absolute Gasteiger partial charge is 0.395 e. The maximum Gasteiger partial charge on any atom is 0.213 e. The fraction of sp³-hybridized carbons (Fsp3) is 0.500. The number of aliphatic hydroxyl groups excluding tert-OH is 1. The SMILES string of the molecule is CCS(=O)(=O)N1CCCCN2[C@H](CO)[C@@H](c3ccc(-c4ccccc4C)cc3)[C@@H]2C1. The lowest BCUT2D eigenvalue weighted by Gasteiger charge is -2.57. The van der Waals surface area contributed by atoms with Crippen molar-refractivity contribution < 1.29 is 13.5 Å². The van der Waals surface area contributed by atoms with Crippen LogP contribution in [-0.2, 0) is 10.0 Å². The van der Waals surface area contributed by atoms with Gasteiger partial charge in [0.1, 0.15) is 0 Å². The molecule has 1 N–H and O–H groups in total. The van der Waals surface area contributed by atoms with Crippen molar-refractivity contribution in [2.45, 2.75) is 44.7 Å². The zero-order chi connectivity index (χ0) is 21.3. The summed E-state index contributed by atoms with van der Waals surface area (Å²) >= 11 is 0. The third kappa shape index (κ3) is 3.94. The van der Waals surface area contributed by atoms with Crippen molar-refractivity contribution in [2.75, 3.05) is 32.0 Å². The molecule has 5 nitrogen and oxygen atoms in total. The van der Waals surface area contributed by atoms with Crippen molar-refractivity contribution in [3.8, 4) is 11.1 Å². The van der Waals surface area contributed by atoms with Crippen LogP contribution in [-0.4, -0.2) is 66.8 Å². The first-order valence-corrected chi connectivity index (χ1v) is 12.6. The van der Waals surface area contributed by atoms with Gasteiger partial charge >= 0.3 is 0 Å². The summed E-state index contributed by atoms with van der Waals surface area (Å²) in [6.07, 6.45) is 1.83. The zero-order valence-electron chi connectivity index (χ0n) is 17.9. The van der Waals surface area contributed by atoms with Gasteiger partial charge in [-0.05, 0) is 55.5 Å². The molecule has 0 radical (unpaired) electrons. The van der Waals surface area contributed by atoms with Crippen molar-refractivity contribution in [3.05, 3.63) is 59.7 Å². The number of aryl methyl sites for hydroxylation is 1. The summed E-state index contributed by atoms with van der Waals surface area (Å²) in [5.41, 5.74) is 4.83. The molecule has 0 spiro atoms. The molecule has 2 heterocycles. The van der Waals surface area contributed by atoms with Crippen molar-refractivity contribution in [1.29, 1.82) is 0 Å². The molecule has 2 aromatic rings. The summed E-state index contributed by atoms with van der Waals surface area (Å²) in [7, 11) is -3.22. The van der Waals surface area contributed by atoms with Gasteiger partial charge in [0.15, 0.2) is 0 Å². The van der Waals surface area contributed by atoms with Crippen LogP contribution >= 0.6 is 0 Å². The minimum Gasteiger partial charge on any atom is -0.395 e. The molecule has 4 rings (SSSR count). The smallest absolute Gasteiger partial charge is 0.213 e. The van der Waals surface area contributed by atoms with E-state index in [-0.39, 0.29) is 30.4 Å². The molecule has 0 unspecified atom stereocenters. The Labute approximate surface area is 180 Å². The minimum atomic E-state index is -3.22. The first-order chi connectivity index (χ1) is 14.5. The van der Waals surface area contributed by atoms with E-state index in [4.69, 9.17) is 0 Å². The maximum absolute atomic E-state index is 12.6. The predicted octanol–water partition coefficient (Wildman–Crippen LogP) is 3.24. The lowest BCUT2D eigenvalue weighted by molar-refractivity contribution is -0.0553. The zero-order valence-corrected chi connectivity index (χ0v) is 18.7. The Morgan fingerprint density at radius 2 is 1.73 bits per heavy atom. The normalized spacial score (nSPS) is 25.8. The number of rotatable bonds is 5. The molecule has 2 aliphatic heterocycles. The Morgan fingerprint density at radius 1 is 1.03 bits per heavy atom. The quantitative estimate of drug-likeness (QED) is 0.794. The third-order valence-electron chi connectivity index (χ3n) is 6.84. The van der Waals surface area contributed by atoms with Crippen LogP contribution in [0.15, 0.2) is 48.5 Å². The van der Waals surface area contributed by atoms with E-state index in [1.54, 1.807) is 11.2 Å². The molecule has 0 amide bonds. The van der Waals surface area contributed by atoms with E-state index >= 15 is 0 Å². The second kappa shape index (κ2) is 8.79. The summed E-state index contributed by atoms with van der Waals surface area (Å²) in [5.74, 6) is 0.285. The highest BCUT2D eigenvalue weighted by Gasteiger charge is 2.49. The van der Waals surface area contributed by atoms with Crippen LogP contribution in [0, 0.1) is 6.92 Å². The van der Waals surface area contributed by atoms with Crippen molar-refractivity contribution in [2.24, 2.45) is 0 Å². The molecule has 3 atom stereocenters. The monoisotopic (exact) mass is 428 g/mol. The number of hydrogen-bond donors (Lipinski definition) is 1. The second-order valence-corrected chi connectivity index (χ2v) is 10.7. The molecule has 0 aliphatic carbocycles. The predicted molar refractivity (Wildman–Crippen MR) is 121 cm³/mol. The highest BCUT2D eigenvalue weighted by atomic mass is 32.2. The van der Waals surface area contributed by atoms with E-state index in [0.717, 1.165) is 19.4 Å². The van der Waals surface area contributed by atoms with Crippen molar-refractivity contribution in [3.63, 3.8) is 0 Å². The lowest BCUT2D eigenvalue weighted by atomic mass is 9.74. The van der Waals surface area contributed by atoms with Gasteiger partial charge in [0.05, 0.1) is 12.4 Å². The van der Waals surface area contributed by atoms with E-state index in [1.807, 2.05) is 6.07 Å². The Bertz CT molecular complexity index is 974. The first kappa shape index (κ1) is 21.5. The summed E-state index contributed by atoms with van der Waals surface area (Å²) in [5, 5.41) is 10.1. The maximum atomic E-state index is 12.6. The van der Waals surface area contributed by atoms with Crippen molar-refractivity contribution >= 4 is 10.0 Å². The van der Waals surface area contributed by atoms with Gasteiger partial charge in [-0.1, -0.05) is 48.5 Å². The van der Waals surface area contributed by atoms with Crippen LogP contribution in [0.25, 0.3) is 11.1 Å². The van der Waals surface area contributed by atoms with Gasteiger partial charge in [-0.15, -0.1) is 0 Å². The molecule has 2 saturated heterocycles. The van der Waals surface area contributed by atoms with Crippen LogP contribution in [0.5, 0.6) is 0 Å². The number of sulfonamides is 1. The van der Waals surface area contributed by atoms with E-state index in [0.29, 0.717) is 13.1 Å². The highest BCUT2D eigenvalue weighted by Crippen LogP contribution is 2.42. The molecule has 6 heteroatoms. The van der Waals surface area contributed by atoms with Crippen LogP contribution in [0.3, 0.4) is 0 Å². The molecule has 0 bridgehead atoms. The minimum absolute atomic E-state index is 0.0589. The number of nitrogens with zero attached hydrogens (tertiary/aromatic N) is 2. The van der Waals surface area contributed by atoms with E-state index < -0.39 is 10.0 Å². The summed E-state index contributed by atoms with van der Waals surface area (Å²) in [6.45, 7) is 5.96. The van der Waals surface area contributed by atoms with E-state index in [2.05, 4.69) is 54.3 Å². The van der Waals surface area contributed by atoms with Crippen LogP contribution < -0.4 is 0 Å². The lowest BCUT2D eigenvalue weighted by Crippen LogP contribution is -2.67. The Hall–Kier alpha value is -1.73. The molecule has 0 aromatic heterocycles. The van der Waals surface area contributed by atoms with Gasteiger partial charge in [0, 0.05) is 31.1 Å². The molecule has 30 heavy (non-hydrogen) atoms. The van der Waals surface area contributed by atoms with Gasteiger partial charge in [0.25, 0.3) is 0 Å². The van der Waals surface area contributed by atoms with Gasteiger partial charge in [-0.3, -0.25) is 4.90 Å². The summed E-state index contributed by atoms with van der Waals surface area (Å²) < 4.78 is 26.8. The summed E-state index contributed by atoms with van der Waals surface area (Å²) in [6, 6.07) is 17.1. The van der Waals surface area contributed by atoms with Crippen LogP contribution in [0.1, 0.15) is 36.8 Å². The number of hydrogen-bond acceptors (Lipinski definition) is 4. The molecule has 2 aliphatic rings. The molecular weight excluding hydrogens is 396 g/mol. The molecule has 2 aromatic carbocycles. The third-order valence-corrected chi connectivity index (χ3v) is 8.69. The fourth-order valence-corrected chi connectivity index (χ4v) is 6.28. The number of benzene rings is 2. The average molecular weight is 429 g/mol. The van der Waals surface area contributed by atoms with Gasteiger partial charge in [0.2, 0.25) is 10.0 Å². The second-order valence-electron chi connectivity index (χ2n) is 8.48. The number of aliphatic hydroxyl groups is 1. The molecule has 162 valence electrons. The Kier molecular flexibility index (Phi) is 6.30. The van der Waals surface area contributed by atoms with Crippen molar-refractivity contribution in [1.82, 2.24) is 9.21 Å². The standard InChI is InChI=1S/C24H32N2O3S/c1-3-30(28,29)25-14-6-7-15-26-22(16-25)24(23(26)17-27)20-12-10-19(11-13-20)21-9-5-4-8-18(21)2/h4-5,8-13,22-24,27H,3,6-7,14-17H2,1-2H3/t22-,23+,24-/m0/s1. The van der Waals surface area contributed by atoms with Gasteiger partial charge < -0.3 is 5.11 Å². The number of fused-ring (bicyclic) bond motifs is 1. The van der Waals surface area contributed by atoms with Crippen LogP contribution in [0.2, 0.25) is 0 Å². The Balaban J connectivity index is 1.61. The van der Waals surface area contributed by atoms with E-state index in [1.165, 1.54) is 22.3 Å². The van der Waals surface area contributed by atoms with E-state index in [9.17, 15) is 13.5 Å². The topological polar surface area (TPSA) is 60.9 Å². The average Bonchev–Trinajstić information content (AvgIpc) is 2.73. The fourth-order valence-electron chi connectivity index (χ4n) is 5.13.